The fourth-order valence-electron chi connectivity index (χ4n) is 1.77. The van der Waals surface area contributed by atoms with E-state index in [1.807, 2.05) is 54.6 Å². The van der Waals surface area contributed by atoms with Crippen molar-refractivity contribution in [3.8, 4) is 5.75 Å². The molecule has 0 atom stereocenters. The second kappa shape index (κ2) is 4.84. The first-order valence-corrected chi connectivity index (χ1v) is 5.72. The number of rotatable bonds is 4. The Morgan fingerprint density at radius 2 is 1.33 bits per heavy atom. The van der Waals surface area contributed by atoms with E-state index in [-0.39, 0.29) is 6.10 Å². The Morgan fingerprint density at radius 3 is 1.83 bits per heavy atom. The average molecular weight is 240 g/mol. The SMILES string of the molecule is c1ccc(OC(c2ccco2)c2ccco2)cc1. The van der Waals surface area contributed by atoms with Gasteiger partial charge in [-0.3, -0.25) is 0 Å². The number of para-hydroxylation sites is 1. The zero-order valence-electron chi connectivity index (χ0n) is 9.65. The summed E-state index contributed by atoms with van der Waals surface area (Å²) in [5.74, 6) is 2.21. The summed E-state index contributed by atoms with van der Waals surface area (Å²) in [6.45, 7) is 0. The fourth-order valence-corrected chi connectivity index (χ4v) is 1.77. The quantitative estimate of drug-likeness (QED) is 0.690. The molecule has 0 aliphatic rings. The smallest absolute Gasteiger partial charge is 0.213 e. The van der Waals surface area contributed by atoms with E-state index in [9.17, 15) is 0 Å². The molecule has 0 aliphatic carbocycles. The Balaban J connectivity index is 1.92. The van der Waals surface area contributed by atoms with Gasteiger partial charge >= 0.3 is 0 Å². The Labute approximate surface area is 105 Å². The van der Waals surface area contributed by atoms with Crippen LogP contribution < -0.4 is 4.74 Å². The van der Waals surface area contributed by atoms with Crippen molar-refractivity contribution in [2.45, 2.75) is 6.10 Å². The summed E-state index contributed by atoms with van der Waals surface area (Å²) in [5, 5.41) is 0. The van der Waals surface area contributed by atoms with Crippen molar-refractivity contribution in [2.75, 3.05) is 0 Å². The third kappa shape index (κ3) is 2.15. The van der Waals surface area contributed by atoms with Crippen molar-refractivity contribution in [1.82, 2.24) is 0 Å². The fraction of sp³-hybridized carbons (Fsp3) is 0.0667. The van der Waals surface area contributed by atoms with E-state index in [0.29, 0.717) is 11.5 Å². The molecule has 0 saturated heterocycles. The molecular weight excluding hydrogens is 228 g/mol. The summed E-state index contributed by atoms with van der Waals surface area (Å²) in [6, 6.07) is 17.0. The van der Waals surface area contributed by atoms with Crippen LogP contribution in [0.2, 0.25) is 0 Å². The van der Waals surface area contributed by atoms with Gasteiger partial charge in [0.2, 0.25) is 6.10 Å². The summed E-state index contributed by atoms with van der Waals surface area (Å²) in [5.41, 5.74) is 0. The second-order valence-corrected chi connectivity index (χ2v) is 3.84. The van der Waals surface area contributed by atoms with Gasteiger partial charge in [0.05, 0.1) is 12.5 Å². The molecule has 0 bridgehead atoms. The maximum Gasteiger partial charge on any atom is 0.213 e. The van der Waals surface area contributed by atoms with Crippen molar-refractivity contribution in [2.24, 2.45) is 0 Å². The molecule has 3 aromatic rings. The lowest BCUT2D eigenvalue weighted by atomic mass is 10.2. The highest BCUT2D eigenvalue weighted by Crippen LogP contribution is 2.28. The molecule has 0 saturated carbocycles. The van der Waals surface area contributed by atoms with Crippen LogP contribution in [0.1, 0.15) is 17.6 Å². The number of hydrogen-bond donors (Lipinski definition) is 0. The van der Waals surface area contributed by atoms with Gasteiger partial charge in [-0.1, -0.05) is 18.2 Å². The van der Waals surface area contributed by atoms with Crippen LogP contribution in [0.3, 0.4) is 0 Å². The predicted molar refractivity (Wildman–Crippen MR) is 66.3 cm³/mol. The first kappa shape index (κ1) is 10.7. The monoisotopic (exact) mass is 240 g/mol. The van der Waals surface area contributed by atoms with E-state index in [2.05, 4.69) is 0 Å². The van der Waals surface area contributed by atoms with Gasteiger partial charge in [-0.15, -0.1) is 0 Å². The van der Waals surface area contributed by atoms with Crippen LogP contribution >= 0.6 is 0 Å². The van der Waals surface area contributed by atoms with Crippen molar-refractivity contribution in [3.63, 3.8) is 0 Å². The number of ether oxygens (including phenoxy) is 1. The van der Waals surface area contributed by atoms with E-state index < -0.39 is 0 Å². The largest absolute Gasteiger partial charge is 0.474 e. The average Bonchev–Trinajstić information content (AvgIpc) is 3.11. The first-order valence-electron chi connectivity index (χ1n) is 5.72. The van der Waals surface area contributed by atoms with Crippen molar-refractivity contribution >= 4 is 0 Å². The van der Waals surface area contributed by atoms with Crippen molar-refractivity contribution < 1.29 is 13.6 Å². The lowest BCUT2D eigenvalue weighted by Crippen LogP contribution is -2.07. The first-order chi connectivity index (χ1) is 8.93. The number of furan rings is 2. The van der Waals surface area contributed by atoms with Crippen LogP contribution in [0.5, 0.6) is 5.75 Å². The molecule has 3 heteroatoms. The predicted octanol–water partition coefficient (Wildman–Crippen LogP) is 4.04. The molecule has 2 aromatic heterocycles. The van der Waals surface area contributed by atoms with Gasteiger partial charge in [0.15, 0.2) is 11.5 Å². The molecule has 0 spiro atoms. The Hall–Kier alpha value is -2.42. The molecule has 2 heterocycles. The third-order valence-electron chi connectivity index (χ3n) is 2.60. The topological polar surface area (TPSA) is 35.5 Å². The van der Waals surface area contributed by atoms with Crippen LogP contribution in [-0.2, 0) is 0 Å². The molecular formula is C15H12O3. The summed E-state index contributed by atoms with van der Waals surface area (Å²) >= 11 is 0. The van der Waals surface area contributed by atoms with Crippen molar-refractivity contribution in [1.29, 1.82) is 0 Å². The van der Waals surface area contributed by atoms with Crippen LogP contribution in [-0.4, -0.2) is 0 Å². The highest BCUT2D eigenvalue weighted by molar-refractivity contribution is 5.25. The van der Waals surface area contributed by atoms with E-state index in [1.54, 1.807) is 12.5 Å². The van der Waals surface area contributed by atoms with Crippen LogP contribution in [0.15, 0.2) is 76.0 Å². The van der Waals surface area contributed by atoms with Crippen molar-refractivity contribution in [3.05, 3.63) is 78.6 Å². The molecule has 0 amide bonds. The van der Waals surface area contributed by atoms with Gasteiger partial charge in [0.25, 0.3) is 0 Å². The van der Waals surface area contributed by atoms with Crippen LogP contribution in [0.25, 0.3) is 0 Å². The number of benzene rings is 1. The normalized spacial score (nSPS) is 10.7. The Kier molecular flexibility index (Phi) is 2.88. The molecule has 0 N–H and O–H groups in total. The third-order valence-corrected chi connectivity index (χ3v) is 2.60. The lowest BCUT2D eigenvalue weighted by Gasteiger charge is -2.14. The maximum atomic E-state index is 5.92. The second-order valence-electron chi connectivity index (χ2n) is 3.84. The minimum absolute atomic E-state index is 0.364. The summed E-state index contributed by atoms with van der Waals surface area (Å²) < 4.78 is 16.7. The van der Waals surface area contributed by atoms with Crippen LogP contribution in [0.4, 0.5) is 0 Å². The molecule has 3 rings (SSSR count). The minimum Gasteiger partial charge on any atom is -0.474 e. The summed E-state index contributed by atoms with van der Waals surface area (Å²) in [7, 11) is 0. The highest BCUT2D eigenvalue weighted by atomic mass is 16.5. The molecule has 3 nitrogen and oxygen atoms in total. The Bertz CT molecular complexity index is 533. The zero-order chi connectivity index (χ0) is 12.2. The summed E-state index contributed by atoms with van der Waals surface area (Å²) in [4.78, 5) is 0. The zero-order valence-corrected chi connectivity index (χ0v) is 9.65. The number of hydrogen-bond acceptors (Lipinski definition) is 3. The highest BCUT2D eigenvalue weighted by Gasteiger charge is 2.21. The molecule has 18 heavy (non-hydrogen) atoms. The molecule has 0 aliphatic heterocycles. The molecule has 0 fully saturated rings. The van der Waals surface area contributed by atoms with Gasteiger partial charge in [-0.05, 0) is 36.4 Å². The van der Waals surface area contributed by atoms with Gasteiger partial charge in [0.1, 0.15) is 5.75 Å². The molecule has 0 radical (unpaired) electrons. The maximum absolute atomic E-state index is 5.92. The van der Waals surface area contributed by atoms with Gasteiger partial charge < -0.3 is 13.6 Å². The van der Waals surface area contributed by atoms with Gasteiger partial charge in [-0.25, -0.2) is 0 Å². The van der Waals surface area contributed by atoms with Crippen LogP contribution in [0, 0.1) is 0 Å². The Morgan fingerprint density at radius 1 is 0.722 bits per heavy atom. The molecule has 0 unspecified atom stereocenters. The van der Waals surface area contributed by atoms with E-state index in [0.717, 1.165) is 5.75 Å². The van der Waals surface area contributed by atoms with E-state index >= 15 is 0 Å². The van der Waals surface area contributed by atoms with E-state index in [1.165, 1.54) is 0 Å². The van der Waals surface area contributed by atoms with E-state index in [4.69, 9.17) is 13.6 Å². The molecule has 1 aromatic carbocycles. The summed E-state index contributed by atoms with van der Waals surface area (Å²) in [6.07, 6.45) is 2.89. The van der Waals surface area contributed by atoms with Gasteiger partial charge in [0, 0.05) is 0 Å². The minimum atomic E-state index is -0.364. The molecule has 90 valence electrons. The standard InChI is InChI=1S/C15H12O3/c1-2-6-12(7-3-1)18-15(13-8-4-10-16-13)14-9-5-11-17-14/h1-11,15H. The lowest BCUT2D eigenvalue weighted by molar-refractivity contribution is 0.187. The van der Waals surface area contributed by atoms with Gasteiger partial charge in [-0.2, -0.15) is 0 Å².